The van der Waals surface area contributed by atoms with Gasteiger partial charge in [-0.25, -0.2) is 4.79 Å². The lowest BCUT2D eigenvalue weighted by Crippen LogP contribution is -2.54. The molecule has 4 aliphatic carbocycles. The van der Waals surface area contributed by atoms with E-state index < -0.39 is 0 Å². The lowest BCUT2D eigenvalue weighted by Gasteiger charge is -2.61. The molecule has 0 amide bonds. The van der Waals surface area contributed by atoms with Gasteiger partial charge in [0.15, 0.2) is 0 Å². The van der Waals surface area contributed by atoms with Gasteiger partial charge in [-0.05, 0) is 130 Å². The summed E-state index contributed by atoms with van der Waals surface area (Å²) in [7, 11) is 0. The first-order chi connectivity index (χ1) is 17.2. The second-order valence-electron chi connectivity index (χ2n) is 13.5. The van der Waals surface area contributed by atoms with Gasteiger partial charge in [0, 0.05) is 0 Å². The lowest BCUT2D eigenvalue weighted by molar-refractivity contribution is -0.129. The molecule has 0 heterocycles. The zero-order valence-corrected chi connectivity index (χ0v) is 23.3. The number of rotatable bonds is 5. The summed E-state index contributed by atoms with van der Waals surface area (Å²) in [4.78, 5) is 12.7. The van der Waals surface area contributed by atoms with Crippen LogP contribution in [-0.2, 0) is 4.74 Å². The Balaban J connectivity index is 1.25. The Morgan fingerprint density at radius 2 is 1.67 bits per heavy atom. The van der Waals surface area contributed by atoms with Crippen LogP contribution < -0.4 is 0 Å². The highest BCUT2D eigenvalue weighted by atomic mass is 16.5. The van der Waals surface area contributed by atoms with Crippen LogP contribution in [0.25, 0.3) is 0 Å². The maximum absolute atomic E-state index is 12.7. The van der Waals surface area contributed by atoms with Crippen LogP contribution in [0.15, 0.2) is 54.1 Å². The van der Waals surface area contributed by atoms with Gasteiger partial charge in [-0.3, -0.25) is 0 Å². The molecule has 0 N–H and O–H groups in total. The van der Waals surface area contributed by atoms with Gasteiger partial charge in [0.05, 0.1) is 5.56 Å². The zero-order valence-electron chi connectivity index (χ0n) is 23.3. The van der Waals surface area contributed by atoms with E-state index in [4.69, 9.17) is 4.74 Å². The maximum atomic E-state index is 12.7. The van der Waals surface area contributed by atoms with Gasteiger partial charge in [0.2, 0.25) is 0 Å². The fourth-order valence-corrected chi connectivity index (χ4v) is 9.58. The summed E-state index contributed by atoms with van der Waals surface area (Å²) in [6.07, 6.45) is 18.8. The van der Waals surface area contributed by atoms with Crippen molar-refractivity contribution in [3.8, 4) is 0 Å². The molecule has 0 spiro atoms. The number of carbonyl (C=O) groups is 1. The molecule has 1 aromatic rings. The molecule has 4 saturated carbocycles. The molecule has 4 aliphatic rings. The molecule has 36 heavy (non-hydrogen) atoms. The Kier molecular flexibility index (Phi) is 7.27. The van der Waals surface area contributed by atoms with Crippen LogP contribution in [0.3, 0.4) is 0 Å². The average molecular weight is 489 g/mol. The van der Waals surface area contributed by atoms with Crippen LogP contribution in [0.2, 0.25) is 0 Å². The predicted octanol–water partition coefficient (Wildman–Crippen LogP) is 9.03. The van der Waals surface area contributed by atoms with E-state index in [1.165, 1.54) is 50.5 Å². The van der Waals surface area contributed by atoms with E-state index in [9.17, 15) is 4.79 Å². The fraction of sp³-hybridized carbons (Fsp3) is 0.676. The number of fused-ring (bicyclic) bond motifs is 5. The Morgan fingerprint density at radius 3 is 2.42 bits per heavy atom. The SMILES string of the molecule is CC(C)=C/C=C/[C@@H](C)[C@H]1CC[C@H]2[C@@H]3CC[C@H]4C[C@@H](OC(=O)c5ccccc5)CC[C@]4(C)[C@H]3CC[C@]12C. The second-order valence-corrected chi connectivity index (χ2v) is 13.5. The Labute approximate surface area is 220 Å². The highest BCUT2D eigenvalue weighted by Gasteiger charge is 2.60. The second kappa shape index (κ2) is 10.1. The van der Waals surface area contributed by atoms with Gasteiger partial charge in [0.25, 0.3) is 0 Å². The van der Waals surface area contributed by atoms with Gasteiger partial charge in [-0.1, -0.05) is 62.8 Å². The molecular formula is C34H48O2. The van der Waals surface area contributed by atoms with Crippen molar-refractivity contribution in [3.05, 3.63) is 59.7 Å². The van der Waals surface area contributed by atoms with E-state index in [0.717, 1.165) is 36.5 Å². The summed E-state index contributed by atoms with van der Waals surface area (Å²) in [5.41, 5.74) is 2.99. The molecule has 1 aromatic carbocycles. The molecule has 9 atom stereocenters. The minimum atomic E-state index is -0.143. The van der Waals surface area contributed by atoms with Crippen molar-refractivity contribution >= 4 is 5.97 Å². The molecule has 5 rings (SSSR count). The number of benzene rings is 1. The van der Waals surface area contributed by atoms with Crippen LogP contribution in [0.4, 0.5) is 0 Å². The minimum Gasteiger partial charge on any atom is -0.459 e. The lowest BCUT2D eigenvalue weighted by atomic mass is 9.44. The van der Waals surface area contributed by atoms with Crippen LogP contribution in [0.1, 0.15) is 103 Å². The van der Waals surface area contributed by atoms with Crippen LogP contribution in [0, 0.1) is 46.3 Å². The molecule has 4 fully saturated rings. The normalized spacial score (nSPS) is 40.6. The first-order valence-corrected chi connectivity index (χ1v) is 14.8. The zero-order chi connectivity index (χ0) is 25.5. The third kappa shape index (κ3) is 4.63. The van der Waals surface area contributed by atoms with E-state index in [1.54, 1.807) is 0 Å². The van der Waals surface area contributed by atoms with Crippen molar-refractivity contribution in [2.24, 2.45) is 46.3 Å². The first kappa shape index (κ1) is 25.8. The standard InChI is InChI=1S/C34H48O2/c1-23(2)10-9-11-24(3)29-16-17-30-28-15-14-26-22-27(36-32(35)25-12-7-6-8-13-25)18-20-33(26,4)31(28)19-21-34(29,30)5/h6-13,24,26-31H,14-22H2,1-5H3/b11-9+/t24-,26+,27+,28+,29-,30+,31+,33+,34-/m1/s1. The van der Waals surface area contributed by atoms with E-state index in [1.807, 2.05) is 30.3 Å². The van der Waals surface area contributed by atoms with Gasteiger partial charge < -0.3 is 4.74 Å². The van der Waals surface area contributed by atoms with E-state index in [0.29, 0.717) is 28.2 Å². The maximum Gasteiger partial charge on any atom is 0.338 e. The van der Waals surface area contributed by atoms with Crippen molar-refractivity contribution < 1.29 is 9.53 Å². The number of carbonyl (C=O) groups excluding carboxylic acids is 1. The number of ether oxygens (including phenoxy) is 1. The van der Waals surface area contributed by atoms with Gasteiger partial charge in [-0.2, -0.15) is 0 Å². The predicted molar refractivity (Wildman–Crippen MR) is 149 cm³/mol. The van der Waals surface area contributed by atoms with Crippen molar-refractivity contribution in [1.29, 1.82) is 0 Å². The number of hydrogen-bond donors (Lipinski definition) is 0. The molecular weight excluding hydrogens is 440 g/mol. The molecule has 0 aromatic heterocycles. The highest BCUT2D eigenvalue weighted by Crippen LogP contribution is 2.68. The topological polar surface area (TPSA) is 26.3 Å². The van der Waals surface area contributed by atoms with Crippen LogP contribution in [-0.4, -0.2) is 12.1 Å². The van der Waals surface area contributed by atoms with Gasteiger partial charge >= 0.3 is 5.97 Å². The molecule has 2 heteroatoms. The van der Waals surface area contributed by atoms with E-state index >= 15 is 0 Å². The van der Waals surface area contributed by atoms with E-state index in [2.05, 4.69) is 52.8 Å². The van der Waals surface area contributed by atoms with Crippen molar-refractivity contribution in [1.82, 2.24) is 0 Å². The summed E-state index contributed by atoms with van der Waals surface area (Å²) in [6, 6.07) is 9.52. The Morgan fingerprint density at radius 1 is 0.944 bits per heavy atom. The van der Waals surface area contributed by atoms with Crippen molar-refractivity contribution in [2.45, 2.75) is 98.5 Å². The Hall–Kier alpha value is -1.83. The molecule has 0 unspecified atom stereocenters. The van der Waals surface area contributed by atoms with Gasteiger partial charge in [-0.15, -0.1) is 0 Å². The molecule has 0 aliphatic heterocycles. The molecule has 2 nitrogen and oxygen atoms in total. The molecule has 196 valence electrons. The number of hydrogen-bond acceptors (Lipinski definition) is 2. The smallest absolute Gasteiger partial charge is 0.338 e. The summed E-state index contributed by atoms with van der Waals surface area (Å²) in [6.45, 7) is 12.1. The number of allylic oxidation sites excluding steroid dienone is 4. The first-order valence-electron chi connectivity index (χ1n) is 14.8. The largest absolute Gasteiger partial charge is 0.459 e. The molecule has 0 radical (unpaired) electrons. The average Bonchev–Trinajstić information content (AvgIpc) is 3.22. The third-order valence-corrected chi connectivity index (χ3v) is 11.5. The third-order valence-electron chi connectivity index (χ3n) is 11.5. The van der Waals surface area contributed by atoms with Crippen LogP contribution in [0.5, 0.6) is 0 Å². The van der Waals surface area contributed by atoms with Crippen molar-refractivity contribution in [2.75, 3.05) is 0 Å². The monoisotopic (exact) mass is 488 g/mol. The van der Waals surface area contributed by atoms with E-state index in [-0.39, 0.29) is 12.1 Å². The molecule has 0 bridgehead atoms. The van der Waals surface area contributed by atoms with Gasteiger partial charge in [0.1, 0.15) is 6.10 Å². The summed E-state index contributed by atoms with van der Waals surface area (Å²) in [5, 5.41) is 0. The summed E-state index contributed by atoms with van der Waals surface area (Å²) >= 11 is 0. The van der Waals surface area contributed by atoms with Crippen molar-refractivity contribution in [3.63, 3.8) is 0 Å². The van der Waals surface area contributed by atoms with Crippen LogP contribution >= 0.6 is 0 Å². The Bertz CT molecular complexity index is 988. The molecule has 0 saturated heterocycles. The fourth-order valence-electron chi connectivity index (χ4n) is 9.58. The quantitative estimate of drug-likeness (QED) is 0.305. The summed E-state index contributed by atoms with van der Waals surface area (Å²) in [5.74, 6) is 4.69. The number of esters is 1. The highest BCUT2D eigenvalue weighted by molar-refractivity contribution is 5.89. The summed E-state index contributed by atoms with van der Waals surface area (Å²) < 4.78 is 6.03. The minimum absolute atomic E-state index is 0.0884.